The Morgan fingerprint density at radius 2 is 1.50 bits per heavy atom. The van der Waals surface area contributed by atoms with Crippen LogP contribution in [0.4, 0.5) is 13.2 Å². The van der Waals surface area contributed by atoms with Crippen LogP contribution in [0.3, 0.4) is 0 Å². The fourth-order valence-corrected chi connectivity index (χ4v) is 2.80. The Kier molecular flexibility index (Phi) is 7.08. The first-order chi connectivity index (χ1) is 15.2. The van der Waals surface area contributed by atoms with E-state index in [0.29, 0.717) is 16.1 Å². The predicted molar refractivity (Wildman–Crippen MR) is 110 cm³/mol. The molecule has 0 saturated heterocycles. The number of aromatic nitrogens is 1. The molecule has 0 radical (unpaired) electrons. The molecule has 0 saturated carbocycles. The van der Waals surface area contributed by atoms with Gasteiger partial charge >= 0.3 is 12.3 Å². The average Bonchev–Trinajstić information content (AvgIpc) is 2.74. The van der Waals surface area contributed by atoms with Crippen LogP contribution in [0, 0.1) is 0 Å². The Morgan fingerprint density at radius 1 is 0.875 bits per heavy atom. The van der Waals surface area contributed by atoms with Gasteiger partial charge in [0.1, 0.15) is 27.4 Å². The summed E-state index contributed by atoms with van der Waals surface area (Å²) in [7, 11) is 2.54. The minimum absolute atomic E-state index is 0.0433. The molecule has 7 nitrogen and oxygen atoms in total. The van der Waals surface area contributed by atoms with Gasteiger partial charge in [0.15, 0.2) is 11.5 Å². The molecule has 0 spiro atoms. The van der Waals surface area contributed by atoms with Crippen LogP contribution in [0.2, 0.25) is 0 Å². The first-order valence-corrected chi connectivity index (χ1v) is 9.62. The second kappa shape index (κ2) is 9.77. The van der Waals surface area contributed by atoms with Crippen molar-refractivity contribution in [1.82, 2.24) is 4.98 Å². The summed E-state index contributed by atoms with van der Waals surface area (Å²) in [6.07, 6.45) is -4.82. The molecule has 0 bridgehead atoms. The van der Waals surface area contributed by atoms with E-state index in [2.05, 4.69) is 25.7 Å². The van der Waals surface area contributed by atoms with E-state index < -0.39 is 18.1 Å². The lowest BCUT2D eigenvalue weighted by Gasteiger charge is -2.14. The van der Waals surface area contributed by atoms with Gasteiger partial charge in [-0.05, 0) is 64.5 Å². The number of halogens is 4. The molecular weight excluding hydrogens is 499 g/mol. The van der Waals surface area contributed by atoms with E-state index in [4.69, 9.17) is 18.9 Å². The molecule has 0 amide bonds. The summed E-state index contributed by atoms with van der Waals surface area (Å²) in [6, 6.07) is 12.8. The molecule has 2 aromatic carbocycles. The molecule has 0 aliphatic rings. The van der Waals surface area contributed by atoms with Gasteiger partial charge in [0.2, 0.25) is 5.88 Å². The number of benzene rings is 2. The fourth-order valence-electron chi connectivity index (χ4n) is 2.50. The summed E-state index contributed by atoms with van der Waals surface area (Å²) in [4.78, 5) is 16.0. The van der Waals surface area contributed by atoms with E-state index in [1.54, 1.807) is 30.3 Å². The highest BCUT2D eigenvalue weighted by Gasteiger charge is 2.31. The molecule has 0 atom stereocenters. The zero-order valence-corrected chi connectivity index (χ0v) is 18.2. The van der Waals surface area contributed by atoms with Crippen molar-refractivity contribution in [2.75, 3.05) is 14.2 Å². The Labute approximate surface area is 188 Å². The minimum atomic E-state index is -4.82. The fraction of sp³-hybridized carbons (Fsp3) is 0.143. The summed E-state index contributed by atoms with van der Waals surface area (Å²) in [5.41, 5.74) is 0.141. The van der Waals surface area contributed by atoms with Crippen molar-refractivity contribution in [2.45, 2.75) is 6.36 Å². The van der Waals surface area contributed by atoms with Crippen molar-refractivity contribution < 1.29 is 41.7 Å². The molecule has 32 heavy (non-hydrogen) atoms. The van der Waals surface area contributed by atoms with Crippen molar-refractivity contribution in [2.24, 2.45) is 0 Å². The third-order valence-electron chi connectivity index (χ3n) is 3.87. The normalized spacial score (nSPS) is 10.9. The standard InChI is InChI=1S/C21H15BrF3NO6/c1-28-17-11-14(32-21(23,24)25)7-9-16(17)30-12-3-5-13(6-4-12)31-19-15(20(27)29-2)8-10-18(22)26-19/h3-11H,1-2H3. The smallest absolute Gasteiger partial charge is 0.493 e. The second-order valence-corrected chi connectivity index (χ2v) is 6.83. The first kappa shape index (κ1) is 23.2. The highest BCUT2D eigenvalue weighted by molar-refractivity contribution is 9.10. The molecule has 3 aromatic rings. The zero-order chi connectivity index (χ0) is 23.3. The lowest BCUT2D eigenvalue weighted by atomic mass is 10.2. The summed E-state index contributed by atoms with van der Waals surface area (Å²) in [5, 5.41) is 0. The number of ether oxygens (including phenoxy) is 5. The Morgan fingerprint density at radius 3 is 2.09 bits per heavy atom. The molecule has 1 heterocycles. The van der Waals surface area contributed by atoms with Crippen molar-refractivity contribution >= 4 is 21.9 Å². The third-order valence-corrected chi connectivity index (χ3v) is 4.31. The largest absolute Gasteiger partial charge is 0.573 e. The molecule has 0 unspecified atom stereocenters. The van der Waals surface area contributed by atoms with E-state index >= 15 is 0 Å². The third kappa shape index (κ3) is 6.03. The topological polar surface area (TPSA) is 76.1 Å². The van der Waals surface area contributed by atoms with Crippen LogP contribution < -0.4 is 18.9 Å². The maximum atomic E-state index is 12.4. The molecule has 0 N–H and O–H groups in total. The van der Waals surface area contributed by atoms with Crippen LogP contribution in [-0.4, -0.2) is 31.5 Å². The Bertz CT molecular complexity index is 1110. The van der Waals surface area contributed by atoms with Gasteiger partial charge in [-0.1, -0.05) is 0 Å². The lowest BCUT2D eigenvalue weighted by Crippen LogP contribution is -2.17. The summed E-state index contributed by atoms with van der Waals surface area (Å²) in [5.74, 6) is -0.0600. The molecule has 0 fully saturated rings. The molecule has 168 valence electrons. The molecule has 11 heteroatoms. The molecular formula is C21H15BrF3NO6. The number of carbonyl (C=O) groups is 1. The number of nitrogens with zero attached hydrogens (tertiary/aromatic N) is 1. The minimum Gasteiger partial charge on any atom is -0.493 e. The lowest BCUT2D eigenvalue weighted by molar-refractivity contribution is -0.274. The predicted octanol–water partition coefficient (Wildman–Crippen LogP) is 6.12. The zero-order valence-electron chi connectivity index (χ0n) is 16.6. The van der Waals surface area contributed by atoms with Crippen molar-refractivity contribution in [1.29, 1.82) is 0 Å². The van der Waals surface area contributed by atoms with Crippen LogP contribution in [0.5, 0.6) is 34.6 Å². The number of carbonyl (C=O) groups excluding carboxylic acids is 1. The highest BCUT2D eigenvalue weighted by atomic mass is 79.9. The number of rotatable bonds is 7. The summed E-state index contributed by atoms with van der Waals surface area (Å²) < 4.78 is 62.7. The van der Waals surface area contributed by atoms with Crippen LogP contribution in [0.15, 0.2) is 59.2 Å². The van der Waals surface area contributed by atoms with Gasteiger partial charge in [-0.25, -0.2) is 9.78 Å². The number of alkyl halides is 3. The summed E-state index contributed by atoms with van der Waals surface area (Å²) in [6.45, 7) is 0. The monoisotopic (exact) mass is 513 g/mol. The van der Waals surface area contributed by atoms with E-state index in [0.717, 1.165) is 12.1 Å². The van der Waals surface area contributed by atoms with Gasteiger partial charge in [-0.2, -0.15) is 0 Å². The molecule has 0 aliphatic carbocycles. The van der Waals surface area contributed by atoms with Gasteiger partial charge in [-0.3, -0.25) is 0 Å². The first-order valence-electron chi connectivity index (χ1n) is 8.83. The highest BCUT2D eigenvalue weighted by Crippen LogP contribution is 2.37. The summed E-state index contributed by atoms with van der Waals surface area (Å²) >= 11 is 3.22. The van der Waals surface area contributed by atoms with Crippen LogP contribution in [-0.2, 0) is 4.74 Å². The van der Waals surface area contributed by atoms with E-state index in [9.17, 15) is 18.0 Å². The van der Waals surface area contributed by atoms with Gasteiger partial charge < -0.3 is 23.7 Å². The van der Waals surface area contributed by atoms with Gasteiger partial charge in [0.05, 0.1) is 14.2 Å². The maximum absolute atomic E-state index is 12.4. The SMILES string of the molecule is COC(=O)c1ccc(Br)nc1Oc1ccc(Oc2ccc(OC(F)(F)F)cc2OC)cc1. The van der Waals surface area contributed by atoms with Gasteiger partial charge in [0.25, 0.3) is 0 Å². The Balaban J connectivity index is 1.76. The quantitative estimate of drug-likeness (QED) is 0.278. The second-order valence-electron chi connectivity index (χ2n) is 6.01. The average molecular weight is 514 g/mol. The van der Waals surface area contributed by atoms with E-state index in [-0.39, 0.29) is 22.9 Å². The number of pyridine rings is 1. The number of hydrogen-bond acceptors (Lipinski definition) is 7. The molecule has 0 aliphatic heterocycles. The maximum Gasteiger partial charge on any atom is 0.573 e. The van der Waals surface area contributed by atoms with Crippen molar-refractivity contribution in [3.63, 3.8) is 0 Å². The van der Waals surface area contributed by atoms with Gasteiger partial charge in [0, 0.05) is 6.07 Å². The van der Waals surface area contributed by atoms with Crippen LogP contribution in [0.25, 0.3) is 0 Å². The Hall–Kier alpha value is -3.47. The van der Waals surface area contributed by atoms with Gasteiger partial charge in [-0.15, -0.1) is 13.2 Å². The van der Waals surface area contributed by atoms with Crippen molar-refractivity contribution in [3.8, 4) is 34.6 Å². The van der Waals surface area contributed by atoms with Crippen molar-refractivity contribution in [3.05, 3.63) is 64.8 Å². The number of esters is 1. The van der Waals surface area contributed by atoms with E-state index in [1.165, 1.54) is 26.4 Å². The van der Waals surface area contributed by atoms with Crippen LogP contribution >= 0.6 is 15.9 Å². The number of hydrogen-bond donors (Lipinski definition) is 0. The molecule has 1 aromatic heterocycles. The van der Waals surface area contributed by atoms with Crippen LogP contribution in [0.1, 0.15) is 10.4 Å². The van der Waals surface area contributed by atoms with E-state index in [1.807, 2.05) is 0 Å². The molecule has 3 rings (SSSR count). The number of methoxy groups -OCH3 is 2.